The van der Waals surface area contributed by atoms with Gasteiger partial charge in [0.1, 0.15) is 17.7 Å². The molecule has 2 N–H and O–H groups in total. The lowest BCUT2D eigenvalue weighted by Gasteiger charge is -2.18. The normalized spacial score (nSPS) is 12.6. The number of hydrogen-bond acceptors (Lipinski definition) is 4. The molecule has 0 bridgehead atoms. The lowest BCUT2D eigenvalue weighted by Crippen LogP contribution is -2.34. The molecule has 0 fully saturated rings. The van der Waals surface area contributed by atoms with Crippen molar-refractivity contribution in [1.29, 1.82) is 0 Å². The summed E-state index contributed by atoms with van der Waals surface area (Å²) in [5.74, 6) is 0.318. The fourth-order valence-electron chi connectivity index (χ4n) is 1.46. The first-order chi connectivity index (χ1) is 7.40. The molecule has 0 spiro atoms. The summed E-state index contributed by atoms with van der Waals surface area (Å²) in [6.07, 6.45) is 0. The van der Waals surface area contributed by atoms with Crippen molar-refractivity contribution in [3.8, 4) is 0 Å². The van der Waals surface area contributed by atoms with Gasteiger partial charge < -0.3 is 10.4 Å². The van der Waals surface area contributed by atoms with Gasteiger partial charge in [-0.1, -0.05) is 13.8 Å². The standard InChI is InChI=1S/C11H17N3O2/c1-6(2)10(11(15)16)14-9-5-7(3)12-8(4)13-9/h5-6,10H,1-4H3,(H,15,16)(H,12,13,14)/t10-/m1/s1. The maximum atomic E-state index is 11.0. The molecule has 0 aromatic carbocycles. The van der Waals surface area contributed by atoms with Gasteiger partial charge in [0.25, 0.3) is 0 Å². The van der Waals surface area contributed by atoms with Crippen molar-refractivity contribution in [2.24, 2.45) is 5.92 Å². The maximum Gasteiger partial charge on any atom is 0.326 e. The predicted molar refractivity (Wildman–Crippen MR) is 61.4 cm³/mol. The molecule has 1 aromatic rings. The molecule has 0 amide bonds. The Bertz CT molecular complexity index is 371. The van der Waals surface area contributed by atoms with E-state index in [9.17, 15) is 4.79 Å². The lowest BCUT2D eigenvalue weighted by atomic mass is 10.1. The average Bonchev–Trinajstić information content (AvgIpc) is 2.11. The van der Waals surface area contributed by atoms with Crippen LogP contribution >= 0.6 is 0 Å². The van der Waals surface area contributed by atoms with Crippen molar-refractivity contribution in [1.82, 2.24) is 9.97 Å². The highest BCUT2D eigenvalue weighted by Gasteiger charge is 2.21. The van der Waals surface area contributed by atoms with Gasteiger partial charge in [-0.3, -0.25) is 0 Å². The molecule has 1 rings (SSSR count). The molecule has 1 heterocycles. The van der Waals surface area contributed by atoms with Crippen LogP contribution in [0.1, 0.15) is 25.4 Å². The van der Waals surface area contributed by atoms with E-state index in [1.165, 1.54) is 0 Å². The molecule has 5 nitrogen and oxygen atoms in total. The van der Waals surface area contributed by atoms with E-state index in [0.717, 1.165) is 5.69 Å². The molecule has 5 heteroatoms. The highest BCUT2D eigenvalue weighted by molar-refractivity contribution is 5.77. The van der Waals surface area contributed by atoms with E-state index in [1.807, 2.05) is 20.8 Å². The molecule has 0 saturated carbocycles. The highest BCUT2D eigenvalue weighted by Crippen LogP contribution is 2.12. The third-order valence-corrected chi connectivity index (χ3v) is 2.20. The molecule has 0 radical (unpaired) electrons. The number of nitrogens with one attached hydrogen (secondary N) is 1. The van der Waals surface area contributed by atoms with Crippen LogP contribution in [0.4, 0.5) is 5.82 Å². The Hall–Kier alpha value is -1.65. The molecule has 0 unspecified atom stereocenters. The Kier molecular flexibility index (Phi) is 3.82. The SMILES string of the molecule is Cc1cc(N[C@@H](C(=O)O)C(C)C)nc(C)n1. The van der Waals surface area contributed by atoms with Crippen molar-refractivity contribution < 1.29 is 9.90 Å². The number of aryl methyl sites for hydroxylation is 2. The van der Waals surface area contributed by atoms with Crippen LogP contribution < -0.4 is 5.32 Å². The minimum absolute atomic E-state index is 0.00641. The Balaban J connectivity index is 2.89. The van der Waals surface area contributed by atoms with Crippen LogP contribution in [0.5, 0.6) is 0 Å². The fraction of sp³-hybridized carbons (Fsp3) is 0.545. The van der Waals surface area contributed by atoms with Crippen LogP contribution in [-0.2, 0) is 4.79 Å². The molecule has 0 aliphatic rings. The summed E-state index contributed by atoms with van der Waals surface area (Å²) in [5, 5.41) is 11.9. The van der Waals surface area contributed by atoms with Gasteiger partial charge in [-0.05, 0) is 19.8 Å². The first-order valence-electron chi connectivity index (χ1n) is 5.21. The van der Waals surface area contributed by atoms with Crippen LogP contribution in [0.15, 0.2) is 6.07 Å². The van der Waals surface area contributed by atoms with Gasteiger partial charge in [0.2, 0.25) is 0 Å². The first kappa shape index (κ1) is 12.4. The summed E-state index contributed by atoms with van der Waals surface area (Å²) in [6.45, 7) is 7.34. The van der Waals surface area contributed by atoms with Crippen LogP contribution in [0, 0.1) is 19.8 Å². The smallest absolute Gasteiger partial charge is 0.326 e. The second-order valence-corrected chi connectivity index (χ2v) is 4.15. The van der Waals surface area contributed by atoms with Crippen molar-refractivity contribution >= 4 is 11.8 Å². The third kappa shape index (κ3) is 3.18. The van der Waals surface area contributed by atoms with E-state index >= 15 is 0 Å². The zero-order valence-electron chi connectivity index (χ0n) is 9.98. The number of nitrogens with zero attached hydrogens (tertiary/aromatic N) is 2. The third-order valence-electron chi connectivity index (χ3n) is 2.20. The van der Waals surface area contributed by atoms with E-state index < -0.39 is 12.0 Å². The zero-order chi connectivity index (χ0) is 12.3. The molecule has 0 saturated heterocycles. The molecule has 0 aliphatic heterocycles. The number of carboxylic acid groups (broad SMARTS) is 1. The van der Waals surface area contributed by atoms with E-state index in [4.69, 9.17) is 5.11 Å². The summed E-state index contributed by atoms with van der Waals surface area (Å²) in [7, 11) is 0. The summed E-state index contributed by atoms with van der Waals surface area (Å²) >= 11 is 0. The van der Waals surface area contributed by atoms with Gasteiger partial charge in [0.15, 0.2) is 0 Å². The van der Waals surface area contributed by atoms with Crippen molar-refractivity contribution in [3.05, 3.63) is 17.6 Å². The van der Waals surface area contributed by atoms with Gasteiger partial charge in [-0.2, -0.15) is 0 Å². The summed E-state index contributed by atoms with van der Waals surface area (Å²) in [4.78, 5) is 19.3. The molecule has 0 aliphatic carbocycles. The second kappa shape index (κ2) is 4.92. The van der Waals surface area contributed by atoms with Gasteiger partial charge in [0, 0.05) is 11.8 Å². The van der Waals surface area contributed by atoms with Gasteiger partial charge in [-0.15, -0.1) is 0 Å². The number of hydrogen-bond donors (Lipinski definition) is 2. The molecule has 1 aromatic heterocycles. The molecular weight excluding hydrogens is 206 g/mol. The Morgan fingerprint density at radius 1 is 1.38 bits per heavy atom. The zero-order valence-corrected chi connectivity index (χ0v) is 9.98. The van der Waals surface area contributed by atoms with Gasteiger partial charge >= 0.3 is 5.97 Å². The number of aromatic nitrogens is 2. The average molecular weight is 223 g/mol. The minimum atomic E-state index is -0.871. The Morgan fingerprint density at radius 3 is 2.44 bits per heavy atom. The van der Waals surface area contributed by atoms with E-state index in [2.05, 4.69) is 15.3 Å². The largest absolute Gasteiger partial charge is 0.480 e. The van der Waals surface area contributed by atoms with E-state index in [-0.39, 0.29) is 5.92 Å². The molecule has 88 valence electrons. The number of aliphatic carboxylic acids is 1. The molecular formula is C11H17N3O2. The van der Waals surface area contributed by atoms with Crippen LogP contribution in [-0.4, -0.2) is 27.1 Å². The van der Waals surface area contributed by atoms with Gasteiger partial charge in [-0.25, -0.2) is 14.8 Å². The number of rotatable bonds is 4. The fourth-order valence-corrected chi connectivity index (χ4v) is 1.46. The minimum Gasteiger partial charge on any atom is -0.480 e. The molecule has 1 atom stereocenters. The number of anilines is 1. The number of carbonyl (C=O) groups is 1. The summed E-state index contributed by atoms with van der Waals surface area (Å²) in [6, 6.07) is 1.11. The number of carboxylic acids is 1. The van der Waals surface area contributed by atoms with E-state index in [1.54, 1.807) is 13.0 Å². The Morgan fingerprint density at radius 2 is 2.00 bits per heavy atom. The summed E-state index contributed by atoms with van der Waals surface area (Å²) < 4.78 is 0. The van der Waals surface area contributed by atoms with Crippen molar-refractivity contribution in [2.45, 2.75) is 33.7 Å². The van der Waals surface area contributed by atoms with Crippen LogP contribution in [0.3, 0.4) is 0 Å². The van der Waals surface area contributed by atoms with Crippen LogP contribution in [0.2, 0.25) is 0 Å². The second-order valence-electron chi connectivity index (χ2n) is 4.15. The maximum absolute atomic E-state index is 11.0. The topological polar surface area (TPSA) is 75.1 Å². The highest BCUT2D eigenvalue weighted by atomic mass is 16.4. The monoisotopic (exact) mass is 223 g/mol. The van der Waals surface area contributed by atoms with Crippen molar-refractivity contribution in [2.75, 3.05) is 5.32 Å². The predicted octanol–water partition coefficient (Wildman–Crippen LogP) is 1.61. The van der Waals surface area contributed by atoms with Crippen LogP contribution in [0.25, 0.3) is 0 Å². The van der Waals surface area contributed by atoms with Gasteiger partial charge in [0.05, 0.1) is 0 Å². The van der Waals surface area contributed by atoms with E-state index in [0.29, 0.717) is 11.6 Å². The van der Waals surface area contributed by atoms with Crippen molar-refractivity contribution in [3.63, 3.8) is 0 Å². The lowest BCUT2D eigenvalue weighted by molar-refractivity contribution is -0.138. The molecule has 16 heavy (non-hydrogen) atoms. The quantitative estimate of drug-likeness (QED) is 0.811. The summed E-state index contributed by atoms with van der Waals surface area (Å²) in [5.41, 5.74) is 0.822. The first-order valence-corrected chi connectivity index (χ1v) is 5.21. The Labute approximate surface area is 94.9 Å².